The largest absolute Gasteiger partial charge is 0.508 e. The number of phenolic OH excluding ortho intramolecular Hbond substituents is 2. The lowest BCUT2D eigenvalue weighted by atomic mass is 9.86. The van der Waals surface area contributed by atoms with Crippen LogP contribution in [0.2, 0.25) is 0 Å². The molecule has 0 spiro atoms. The lowest BCUT2D eigenvalue weighted by molar-refractivity contribution is -0.172. The number of hydrogen-bond acceptors (Lipinski definition) is 14. The highest BCUT2D eigenvalue weighted by Gasteiger charge is 2.46. The van der Waals surface area contributed by atoms with Crippen LogP contribution in [0.3, 0.4) is 0 Å². The number of nitrogens with one attached hydrogen (secondary N) is 1. The Morgan fingerprint density at radius 2 is 1.70 bits per heavy atom. The number of carbonyl (C=O) groups is 3. The monoisotopic (exact) mass is 993 g/mol. The first kappa shape index (κ1) is 49.4. The highest BCUT2D eigenvalue weighted by molar-refractivity contribution is 5.90. The Balaban J connectivity index is 0.752. The number of esters is 1. The number of cyclic esters (lactones) is 1. The van der Waals surface area contributed by atoms with Crippen molar-refractivity contribution in [2.24, 2.45) is 5.92 Å². The van der Waals surface area contributed by atoms with Gasteiger partial charge >= 0.3 is 12.1 Å². The minimum Gasteiger partial charge on any atom is -0.508 e. The van der Waals surface area contributed by atoms with Crippen LogP contribution in [0.15, 0.2) is 65.5 Å². The molecular weight excluding hydrogens is 931 g/mol. The molecule has 2 atom stereocenters. The van der Waals surface area contributed by atoms with E-state index in [0.29, 0.717) is 78.0 Å². The van der Waals surface area contributed by atoms with Crippen LogP contribution in [0.25, 0.3) is 39.4 Å². The number of amides is 2. The molecule has 4 aliphatic rings. The van der Waals surface area contributed by atoms with E-state index < -0.39 is 17.7 Å². The second kappa shape index (κ2) is 19.7. The number of phenols is 2. The Labute approximate surface area is 423 Å². The topological polar surface area (TPSA) is 218 Å². The van der Waals surface area contributed by atoms with Crippen LogP contribution in [0, 0.1) is 5.92 Å². The van der Waals surface area contributed by atoms with Crippen molar-refractivity contribution in [2.45, 2.75) is 111 Å². The third-order valence-electron chi connectivity index (χ3n) is 15.3. The van der Waals surface area contributed by atoms with Crippen molar-refractivity contribution in [3.05, 3.63) is 110 Å². The van der Waals surface area contributed by atoms with Gasteiger partial charge in [-0.1, -0.05) is 46.8 Å². The van der Waals surface area contributed by atoms with Gasteiger partial charge in [-0.15, -0.1) is 10.2 Å². The van der Waals surface area contributed by atoms with Gasteiger partial charge in [0, 0.05) is 66.4 Å². The molecule has 0 radical (unpaired) electrons. The molecule has 4 aliphatic heterocycles. The molecule has 382 valence electrons. The van der Waals surface area contributed by atoms with Gasteiger partial charge in [-0.25, -0.2) is 14.6 Å². The number of aryl methyl sites for hydroxylation is 1. The van der Waals surface area contributed by atoms with Gasteiger partial charge in [-0.2, -0.15) is 0 Å². The molecule has 0 aliphatic carbocycles. The molecule has 4 N–H and O–H groups in total. The van der Waals surface area contributed by atoms with Gasteiger partial charge in [0.15, 0.2) is 17.2 Å². The molecule has 0 saturated carbocycles. The maximum absolute atomic E-state index is 13.9. The molecule has 73 heavy (non-hydrogen) atoms. The van der Waals surface area contributed by atoms with Crippen LogP contribution in [0.5, 0.6) is 17.2 Å². The van der Waals surface area contributed by atoms with Crippen molar-refractivity contribution in [1.82, 2.24) is 44.3 Å². The van der Waals surface area contributed by atoms with Crippen molar-refractivity contribution in [3.63, 3.8) is 0 Å². The highest BCUT2D eigenvalue weighted by Crippen LogP contribution is 2.42. The van der Waals surface area contributed by atoms with Crippen LogP contribution in [0.1, 0.15) is 106 Å². The predicted octanol–water partition coefficient (Wildman–Crippen LogP) is 6.48. The summed E-state index contributed by atoms with van der Waals surface area (Å²) in [6.45, 7) is 16.4. The number of fused-ring (bicyclic) bond motifs is 5. The average Bonchev–Trinajstić information content (AvgIpc) is 3.98. The van der Waals surface area contributed by atoms with Gasteiger partial charge in [0.2, 0.25) is 5.91 Å². The molecule has 18 nitrogen and oxygen atoms in total. The number of aromatic hydroxyl groups is 2. The number of aliphatic hydroxyl groups is 1. The Hall–Kier alpha value is -7.15. The van der Waals surface area contributed by atoms with Crippen LogP contribution in [-0.4, -0.2) is 118 Å². The molecule has 7 heterocycles. The lowest BCUT2D eigenvalue weighted by Crippen LogP contribution is -2.57. The number of aromatic nitrogens is 5. The molecule has 3 aromatic carbocycles. The zero-order valence-electron chi connectivity index (χ0n) is 42.3. The minimum atomic E-state index is -1.92. The summed E-state index contributed by atoms with van der Waals surface area (Å²) in [5, 5.41) is 45.9. The zero-order valence-corrected chi connectivity index (χ0v) is 42.3. The van der Waals surface area contributed by atoms with Crippen LogP contribution >= 0.6 is 0 Å². The van der Waals surface area contributed by atoms with Gasteiger partial charge in [0.05, 0.1) is 41.1 Å². The summed E-state index contributed by atoms with van der Waals surface area (Å²) in [7, 11) is 0. The standard InChI is InChI=1S/C55H63N9O9/c1-7-37-39-22-36(14-15-44(39)57-49-41(37)29-63-45(49)24-43-42(52(63)68)30-72-53(69)55(43,71)8-2)73-54(70)62-21-20-61(27-32(62)6)51(67)34-16-18-60(19-17-34)28-33-10-12-35(13-11-33)64-48(26-56-9-3)58-59-50(64)40-23-38(31(4)5)46(65)25-47(40)66/h10-15,22-25,31-32,34,56,65-66,71H,7-9,16-21,26-30H2,1-6H3. The quantitative estimate of drug-likeness (QED) is 0.0965. The zero-order chi connectivity index (χ0) is 51.5. The van der Waals surface area contributed by atoms with Crippen molar-refractivity contribution < 1.29 is 39.2 Å². The molecule has 6 aromatic rings. The second-order valence-electron chi connectivity index (χ2n) is 20.1. The normalized spacial score (nSPS) is 19.0. The number of ether oxygens (including phenoxy) is 2. The second-order valence-corrected chi connectivity index (χ2v) is 20.1. The van der Waals surface area contributed by atoms with Gasteiger partial charge in [0.1, 0.15) is 23.9 Å². The number of hydrogen-bond donors (Lipinski definition) is 4. The van der Waals surface area contributed by atoms with E-state index in [9.17, 15) is 34.5 Å². The highest BCUT2D eigenvalue weighted by atomic mass is 16.6. The number of carbonyl (C=O) groups excluding carboxylic acids is 3. The summed E-state index contributed by atoms with van der Waals surface area (Å²) in [5.41, 5.74) is 5.09. The Morgan fingerprint density at radius 1 is 0.932 bits per heavy atom. The van der Waals surface area contributed by atoms with Gasteiger partial charge in [0.25, 0.3) is 5.56 Å². The van der Waals surface area contributed by atoms with E-state index in [1.807, 2.05) is 62.3 Å². The Kier molecular flexibility index (Phi) is 13.3. The van der Waals surface area contributed by atoms with E-state index in [4.69, 9.17) is 14.5 Å². The van der Waals surface area contributed by atoms with E-state index in [1.54, 1.807) is 40.7 Å². The van der Waals surface area contributed by atoms with Gasteiger partial charge in [-0.05, 0) is 117 Å². The number of pyridine rings is 2. The molecule has 2 amide bonds. The number of benzene rings is 3. The first-order valence-electron chi connectivity index (χ1n) is 25.5. The minimum absolute atomic E-state index is 0.0320. The van der Waals surface area contributed by atoms with E-state index in [1.165, 1.54) is 6.07 Å². The van der Waals surface area contributed by atoms with E-state index in [0.717, 1.165) is 66.8 Å². The summed E-state index contributed by atoms with van der Waals surface area (Å²) in [4.78, 5) is 65.1. The van der Waals surface area contributed by atoms with E-state index in [2.05, 4.69) is 32.5 Å². The summed E-state index contributed by atoms with van der Waals surface area (Å²) in [6.07, 6.45) is 1.65. The Bertz CT molecular complexity index is 3210. The molecule has 2 saturated heterocycles. The number of nitrogens with zero attached hydrogens (tertiary/aromatic N) is 8. The van der Waals surface area contributed by atoms with Crippen LogP contribution < -0.4 is 15.6 Å². The Morgan fingerprint density at radius 3 is 2.40 bits per heavy atom. The average molecular weight is 994 g/mol. The summed E-state index contributed by atoms with van der Waals surface area (Å²) in [6, 6.07) is 18.1. The lowest BCUT2D eigenvalue weighted by Gasteiger charge is -2.41. The molecular formula is C55H63N9O9. The summed E-state index contributed by atoms with van der Waals surface area (Å²) < 4.78 is 14.8. The number of rotatable bonds is 12. The third kappa shape index (κ3) is 8.88. The molecule has 10 rings (SSSR count). The summed E-state index contributed by atoms with van der Waals surface area (Å²) in [5.74, 6) is 0.781. The SMILES string of the molecule is CCNCc1nnc(-c2cc(C(C)C)c(O)cc2O)n1-c1ccc(CN2CCC(C(=O)N3CCN(C(=O)Oc4ccc5nc6c(c(CC)c5c4)Cn4c-6cc5c(c4=O)COC(=O)C5(O)CC)C(C)C3)CC2)cc1. The van der Waals surface area contributed by atoms with Crippen molar-refractivity contribution in [3.8, 4) is 45.7 Å². The predicted molar refractivity (Wildman–Crippen MR) is 272 cm³/mol. The van der Waals surface area contributed by atoms with E-state index in [-0.39, 0.29) is 71.5 Å². The van der Waals surface area contributed by atoms with Crippen molar-refractivity contribution in [2.75, 3.05) is 39.3 Å². The van der Waals surface area contributed by atoms with Gasteiger partial charge in [-0.3, -0.25) is 19.1 Å². The number of likely N-dealkylation sites (tertiary alicyclic amines) is 1. The fourth-order valence-corrected chi connectivity index (χ4v) is 11.2. The number of piperazine rings is 1. The molecule has 0 bridgehead atoms. The smallest absolute Gasteiger partial charge is 0.415 e. The first-order valence-corrected chi connectivity index (χ1v) is 25.5. The fourth-order valence-electron chi connectivity index (χ4n) is 11.2. The number of piperidine rings is 1. The molecule has 3 aromatic heterocycles. The molecule has 2 fully saturated rings. The summed E-state index contributed by atoms with van der Waals surface area (Å²) >= 11 is 0. The van der Waals surface area contributed by atoms with Crippen LogP contribution in [-0.2, 0) is 52.6 Å². The van der Waals surface area contributed by atoms with Crippen molar-refractivity contribution >= 4 is 28.9 Å². The third-order valence-corrected chi connectivity index (χ3v) is 15.3. The molecule has 18 heteroatoms. The van der Waals surface area contributed by atoms with E-state index >= 15 is 0 Å². The van der Waals surface area contributed by atoms with Gasteiger partial charge < -0.3 is 44.5 Å². The van der Waals surface area contributed by atoms with Crippen molar-refractivity contribution in [1.29, 1.82) is 0 Å². The first-order chi connectivity index (χ1) is 35.1. The maximum Gasteiger partial charge on any atom is 0.415 e. The maximum atomic E-state index is 13.9. The molecule has 2 unspecified atom stereocenters. The fraction of sp³-hybridized carbons (Fsp3) is 0.436. The van der Waals surface area contributed by atoms with Crippen LogP contribution in [0.4, 0.5) is 4.79 Å².